The number of benzene rings is 2. The molecule has 2 heterocycles. The fourth-order valence-corrected chi connectivity index (χ4v) is 6.49. The van der Waals surface area contributed by atoms with Crippen LogP contribution in [0.2, 0.25) is 0 Å². The van der Waals surface area contributed by atoms with Gasteiger partial charge in [-0.05, 0) is 24.3 Å². The summed E-state index contributed by atoms with van der Waals surface area (Å²) in [5, 5.41) is -1.44. The van der Waals surface area contributed by atoms with E-state index in [1.165, 1.54) is 36.4 Å². The molecule has 0 N–H and O–H groups in total. The molecule has 2 aromatic rings. The van der Waals surface area contributed by atoms with Crippen LogP contribution in [0.5, 0.6) is 0 Å². The van der Waals surface area contributed by atoms with E-state index in [-0.39, 0.29) is 20.9 Å². The number of fused-ring (bicyclic) bond motifs is 2. The average molecular weight is 400 g/mol. The smallest absolute Gasteiger partial charge is 0.211 e. The van der Waals surface area contributed by atoms with E-state index in [2.05, 4.69) is 0 Å². The minimum absolute atomic E-state index is 0.0470. The molecule has 0 unspecified atom stereocenters. The van der Waals surface area contributed by atoms with E-state index in [9.17, 15) is 26.4 Å². The summed E-state index contributed by atoms with van der Waals surface area (Å²) < 4.78 is 50.0. The Morgan fingerprint density at radius 2 is 1.37 bits per heavy atom. The molecule has 2 aromatic carbocycles. The van der Waals surface area contributed by atoms with Crippen LogP contribution in [0.4, 0.5) is 0 Å². The number of hydrogen-bond donors (Lipinski definition) is 0. The third-order valence-corrected chi connectivity index (χ3v) is 8.36. The quantitative estimate of drug-likeness (QED) is 0.716. The molecule has 136 valence electrons. The molecule has 0 saturated carbocycles. The lowest BCUT2D eigenvalue weighted by Gasteiger charge is -2.01. The maximum absolute atomic E-state index is 12.5. The highest BCUT2D eigenvalue weighted by Crippen LogP contribution is 2.34. The second kappa shape index (κ2) is 5.83. The van der Waals surface area contributed by atoms with Gasteiger partial charge in [0.25, 0.3) is 0 Å². The molecule has 2 aliphatic rings. The van der Waals surface area contributed by atoms with Crippen LogP contribution in [0.3, 0.4) is 0 Å². The third-order valence-electron chi connectivity index (χ3n) is 4.52. The van der Waals surface area contributed by atoms with Crippen molar-refractivity contribution in [2.75, 3.05) is 0 Å². The van der Waals surface area contributed by atoms with Crippen molar-refractivity contribution < 1.29 is 26.4 Å². The highest BCUT2D eigenvalue weighted by Gasteiger charge is 2.42. The first kappa shape index (κ1) is 17.6. The molecule has 0 fully saturated rings. The van der Waals surface area contributed by atoms with Gasteiger partial charge in [-0.3, -0.25) is 9.59 Å². The van der Waals surface area contributed by atoms with Crippen LogP contribution in [0.15, 0.2) is 81.5 Å². The number of sulfone groups is 2. The molecule has 4 rings (SSSR count). The third kappa shape index (κ3) is 2.44. The van der Waals surface area contributed by atoms with Crippen molar-refractivity contribution in [1.82, 2.24) is 0 Å². The fourth-order valence-electron chi connectivity index (χ4n) is 3.21. The van der Waals surface area contributed by atoms with Crippen molar-refractivity contribution in [3.8, 4) is 0 Å². The van der Waals surface area contributed by atoms with Crippen molar-refractivity contribution >= 4 is 31.2 Å². The molecule has 6 nitrogen and oxygen atoms in total. The zero-order valence-electron chi connectivity index (χ0n) is 13.7. The predicted molar refractivity (Wildman–Crippen MR) is 96.9 cm³/mol. The molecular formula is C19H12O6S2. The Kier molecular flexibility index (Phi) is 3.79. The van der Waals surface area contributed by atoms with Gasteiger partial charge in [-0.15, -0.1) is 0 Å². The van der Waals surface area contributed by atoms with E-state index in [4.69, 9.17) is 0 Å². The highest BCUT2D eigenvalue weighted by atomic mass is 32.2. The van der Waals surface area contributed by atoms with Crippen LogP contribution in [-0.2, 0) is 19.7 Å². The van der Waals surface area contributed by atoms with E-state index in [0.717, 1.165) is 18.2 Å². The van der Waals surface area contributed by atoms with E-state index in [1.54, 1.807) is 12.1 Å². The zero-order chi connectivity index (χ0) is 19.4. The Hall–Kier alpha value is -2.84. The fraction of sp³-hybridized carbons (Fsp3) is 0.0526. The van der Waals surface area contributed by atoms with Gasteiger partial charge in [-0.1, -0.05) is 42.5 Å². The first-order chi connectivity index (χ1) is 12.8. The molecule has 0 bridgehead atoms. The van der Waals surface area contributed by atoms with Gasteiger partial charge >= 0.3 is 0 Å². The summed E-state index contributed by atoms with van der Waals surface area (Å²) in [7, 11) is -7.85. The number of allylic oxidation sites excluding steroid dienone is 3. The van der Waals surface area contributed by atoms with Gasteiger partial charge in [-0.2, -0.15) is 0 Å². The zero-order valence-corrected chi connectivity index (χ0v) is 15.3. The lowest BCUT2D eigenvalue weighted by Crippen LogP contribution is -2.19. The lowest BCUT2D eigenvalue weighted by atomic mass is 10.1. The molecule has 0 radical (unpaired) electrons. The van der Waals surface area contributed by atoms with Crippen molar-refractivity contribution in [2.24, 2.45) is 0 Å². The minimum Gasteiger partial charge on any atom is -0.292 e. The number of ketones is 2. The summed E-state index contributed by atoms with van der Waals surface area (Å²) in [5.74, 6) is -1.23. The number of carbonyl (C=O) groups excluding carboxylic acids is 2. The van der Waals surface area contributed by atoms with Crippen LogP contribution in [0.25, 0.3) is 0 Å². The Morgan fingerprint density at radius 1 is 0.778 bits per heavy atom. The standard InChI is InChI=1S/C19H12O6S2/c20-18-12-6-1-3-8-14(12)26(22,23)16(18)10-5-11-17-19(21)13-7-2-4-9-15(13)27(17,24)25/h1-11,16H/b10-5+,17-11+/t16-/m1/s1. The molecule has 0 aromatic heterocycles. The Morgan fingerprint density at radius 3 is 2.00 bits per heavy atom. The summed E-state index contributed by atoms with van der Waals surface area (Å²) in [5.41, 5.74) is 0.186. The minimum atomic E-state index is -3.96. The normalized spacial score (nSPS) is 23.7. The molecule has 1 atom stereocenters. The second-order valence-electron chi connectivity index (χ2n) is 6.07. The van der Waals surface area contributed by atoms with Crippen molar-refractivity contribution in [3.05, 3.63) is 82.8 Å². The van der Waals surface area contributed by atoms with Crippen LogP contribution >= 0.6 is 0 Å². The van der Waals surface area contributed by atoms with Crippen molar-refractivity contribution in [2.45, 2.75) is 15.0 Å². The number of carbonyl (C=O) groups is 2. The van der Waals surface area contributed by atoms with Gasteiger partial charge < -0.3 is 0 Å². The monoisotopic (exact) mass is 400 g/mol. The predicted octanol–water partition coefficient (Wildman–Crippen LogP) is 2.14. The maximum atomic E-state index is 12.5. The van der Waals surface area contributed by atoms with E-state index in [1.807, 2.05) is 0 Å². The molecule has 0 spiro atoms. The van der Waals surface area contributed by atoms with Crippen molar-refractivity contribution in [3.63, 3.8) is 0 Å². The summed E-state index contributed by atoms with van der Waals surface area (Å²) in [4.78, 5) is 24.1. The average Bonchev–Trinajstić information content (AvgIpc) is 2.96. The van der Waals surface area contributed by atoms with Gasteiger partial charge in [0.1, 0.15) is 10.2 Å². The SMILES string of the molecule is O=C1/C(=C\C=C\[C@@H]2C(=O)c3ccccc3S2(=O)=O)S(=O)(=O)c2ccccc21. The second-order valence-corrected chi connectivity index (χ2v) is 9.99. The number of rotatable bonds is 2. The van der Waals surface area contributed by atoms with Gasteiger partial charge in [0.2, 0.25) is 15.6 Å². The summed E-state index contributed by atoms with van der Waals surface area (Å²) >= 11 is 0. The largest absolute Gasteiger partial charge is 0.292 e. The molecule has 27 heavy (non-hydrogen) atoms. The molecule has 0 amide bonds. The molecule has 8 heteroatoms. The van der Waals surface area contributed by atoms with Crippen molar-refractivity contribution in [1.29, 1.82) is 0 Å². The highest BCUT2D eigenvalue weighted by molar-refractivity contribution is 7.97. The Bertz CT molecular complexity index is 1280. The summed E-state index contributed by atoms with van der Waals surface area (Å²) in [6.07, 6.45) is 3.29. The van der Waals surface area contributed by atoms with Gasteiger partial charge in [0, 0.05) is 11.1 Å². The van der Waals surface area contributed by atoms with Crippen LogP contribution in [0.1, 0.15) is 20.7 Å². The Balaban J connectivity index is 1.72. The van der Waals surface area contributed by atoms with Crippen LogP contribution < -0.4 is 0 Å². The topological polar surface area (TPSA) is 102 Å². The number of Topliss-reactive ketones (excluding diaryl/α,β-unsaturated/α-hetero) is 2. The van der Waals surface area contributed by atoms with E-state index < -0.39 is 41.4 Å². The molecular weight excluding hydrogens is 388 g/mol. The first-order valence-corrected chi connectivity index (χ1v) is 10.9. The maximum Gasteiger partial charge on any atom is 0.211 e. The lowest BCUT2D eigenvalue weighted by molar-refractivity contribution is 0.1000. The van der Waals surface area contributed by atoms with Gasteiger partial charge in [0.15, 0.2) is 15.6 Å². The summed E-state index contributed by atoms with van der Waals surface area (Å²) in [6, 6.07) is 11.7. The molecule has 0 aliphatic carbocycles. The molecule has 0 saturated heterocycles. The molecule has 2 aliphatic heterocycles. The first-order valence-electron chi connectivity index (χ1n) is 7.91. The van der Waals surface area contributed by atoms with Gasteiger partial charge in [0.05, 0.1) is 9.79 Å². The summed E-state index contributed by atoms with van der Waals surface area (Å²) in [6.45, 7) is 0. The van der Waals surface area contributed by atoms with E-state index >= 15 is 0 Å². The van der Waals surface area contributed by atoms with Crippen LogP contribution in [0, 0.1) is 0 Å². The Labute approximate surface area is 155 Å². The van der Waals surface area contributed by atoms with Gasteiger partial charge in [-0.25, -0.2) is 16.8 Å². The number of hydrogen-bond acceptors (Lipinski definition) is 6. The van der Waals surface area contributed by atoms with Crippen LogP contribution in [-0.4, -0.2) is 33.7 Å². The van der Waals surface area contributed by atoms with E-state index in [0.29, 0.717) is 0 Å².